The highest BCUT2D eigenvalue weighted by molar-refractivity contribution is 6.30. The van der Waals surface area contributed by atoms with E-state index in [1.54, 1.807) is 45.3 Å². The normalized spacial score (nSPS) is 10.7. The summed E-state index contributed by atoms with van der Waals surface area (Å²) in [5.74, 6) is -0.548. The Morgan fingerprint density at radius 1 is 1.29 bits per heavy atom. The van der Waals surface area contributed by atoms with Crippen molar-refractivity contribution in [3.63, 3.8) is 0 Å². The molecule has 0 bridgehead atoms. The van der Waals surface area contributed by atoms with Gasteiger partial charge >= 0.3 is 0 Å². The molecule has 0 unspecified atom stereocenters. The zero-order chi connectivity index (χ0) is 15.6. The van der Waals surface area contributed by atoms with E-state index >= 15 is 0 Å². The number of carbonyl (C=O) groups excluding carboxylic acids is 1. The van der Waals surface area contributed by atoms with Gasteiger partial charge in [-0.1, -0.05) is 11.6 Å². The van der Waals surface area contributed by atoms with E-state index in [4.69, 9.17) is 11.6 Å². The summed E-state index contributed by atoms with van der Waals surface area (Å²) >= 11 is 5.85. The molecule has 1 aromatic carbocycles. The van der Waals surface area contributed by atoms with Crippen LogP contribution < -0.4 is 10.9 Å². The van der Waals surface area contributed by atoms with E-state index in [1.807, 2.05) is 0 Å². The number of aryl methyl sites for hydroxylation is 1. The molecule has 0 saturated heterocycles. The van der Waals surface area contributed by atoms with Crippen molar-refractivity contribution in [1.82, 2.24) is 20.2 Å². The third-order valence-electron chi connectivity index (χ3n) is 2.72. The maximum atomic E-state index is 12.0. The van der Waals surface area contributed by atoms with Gasteiger partial charge in [-0.15, -0.1) is 0 Å². The Morgan fingerprint density at radius 3 is 2.48 bits per heavy atom. The molecule has 0 atom stereocenters. The summed E-state index contributed by atoms with van der Waals surface area (Å²) in [7, 11) is 3.31. The number of halogens is 1. The maximum absolute atomic E-state index is 12.0. The summed E-state index contributed by atoms with van der Waals surface area (Å²) in [5, 5.41) is 6.20. The molecule has 2 rings (SSSR count). The molecule has 0 fully saturated rings. The van der Waals surface area contributed by atoms with E-state index in [0.717, 1.165) is 5.69 Å². The van der Waals surface area contributed by atoms with Gasteiger partial charge in [0.05, 0.1) is 5.69 Å². The summed E-state index contributed by atoms with van der Waals surface area (Å²) in [4.78, 5) is 23.9. The van der Waals surface area contributed by atoms with Gasteiger partial charge in [-0.05, 0) is 31.2 Å². The molecule has 6 nitrogen and oxygen atoms in total. The number of rotatable bonds is 3. The van der Waals surface area contributed by atoms with E-state index in [0.29, 0.717) is 10.7 Å². The lowest BCUT2D eigenvalue weighted by atomic mass is 10.2. The predicted molar refractivity (Wildman–Crippen MR) is 80.7 cm³/mol. The van der Waals surface area contributed by atoms with Gasteiger partial charge in [0.15, 0.2) is 5.69 Å². The molecule has 0 aliphatic carbocycles. The van der Waals surface area contributed by atoms with Crippen molar-refractivity contribution in [2.45, 2.75) is 6.92 Å². The van der Waals surface area contributed by atoms with Crippen LogP contribution in [-0.2, 0) is 0 Å². The fourth-order valence-corrected chi connectivity index (χ4v) is 1.93. The summed E-state index contributed by atoms with van der Waals surface area (Å²) in [6.45, 7) is 1.75. The van der Waals surface area contributed by atoms with Crippen LogP contribution in [0, 0.1) is 6.92 Å². The highest BCUT2D eigenvalue weighted by Gasteiger charge is 2.15. The Morgan fingerprint density at radius 2 is 1.90 bits per heavy atom. The lowest BCUT2D eigenvalue weighted by Gasteiger charge is -2.13. The summed E-state index contributed by atoms with van der Waals surface area (Å²) in [6, 6.07) is 8.35. The Kier molecular flexibility index (Phi) is 4.40. The second kappa shape index (κ2) is 6.07. The number of nitrogens with one attached hydrogen (secondary N) is 1. The quantitative estimate of drug-likeness (QED) is 0.871. The Balaban J connectivity index is 2.50. The zero-order valence-electron chi connectivity index (χ0n) is 11.9. The third kappa shape index (κ3) is 3.48. The molecule has 0 saturated carbocycles. The first-order valence-electron chi connectivity index (χ1n) is 6.23. The van der Waals surface area contributed by atoms with E-state index in [-0.39, 0.29) is 5.69 Å². The molecule has 1 amide bonds. The second-order valence-electron chi connectivity index (χ2n) is 4.72. The van der Waals surface area contributed by atoms with E-state index < -0.39 is 11.3 Å². The fourth-order valence-electron chi connectivity index (χ4n) is 1.80. The van der Waals surface area contributed by atoms with Crippen molar-refractivity contribution >= 4 is 17.5 Å². The van der Waals surface area contributed by atoms with Crippen LogP contribution in [0.2, 0.25) is 5.02 Å². The standard InChI is InChI=1S/C14H15ClN4O2/c1-9-8-12(20)13(14(21)17-18(2)3)16-19(9)11-6-4-10(15)5-7-11/h4-8H,1-3H3,(H,17,21). The van der Waals surface area contributed by atoms with Crippen molar-refractivity contribution in [2.75, 3.05) is 14.1 Å². The van der Waals surface area contributed by atoms with Crippen LogP contribution in [0.3, 0.4) is 0 Å². The van der Waals surface area contributed by atoms with Gasteiger partial charge in [-0.3, -0.25) is 15.0 Å². The van der Waals surface area contributed by atoms with Crippen LogP contribution in [0.4, 0.5) is 0 Å². The zero-order valence-corrected chi connectivity index (χ0v) is 12.7. The lowest BCUT2D eigenvalue weighted by Crippen LogP contribution is -2.39. The third-order valence-corrected chi connectivity index (χ3v) is 2.97. The summed E-state index contributed by atoms with van der Waals surface area (Å²) < 4.78 is 1.53. The SMILES string of the molecule is Cc1cc(=O)c(C(=O)NN(C)C)nn1-c1ccc(Cl)cc1. The minimum Gasteiger partial charge on any atom is -0.287 e. The van der Waals surface area contributed by atoms with Crippen molar-refractivity contribution in [2.24, 2.45) is 0 Å². The van der Waals surface area contributed by atoms with Crippen LogP contribution in [0.1, 0.15) is 16.2 Å². The van der Waals surface area contributed by atoms with E-state index in [1.165, 1.54) is 15.8 Å². The number of carbonyl (C=O) groups is 1. The first kappa shape index (κ1) is 15.2. The van der Waals surface area contributed by atoms with Gasteiger partial charge in [0.1, 0.15) is 0 Å². The van der Waals surface area contributed by atoms with Crippen LogP contribution >= 0.6 is 11.6 Å². The van der Waals surface area contributed by atoms with Gasteiger partial charge in [0.25, 0.3) is 5.91 Å². The molecule has 1 aromatic heterocycles. The Hall–Kier alpha value is -2.18. The average molecular weight is 307 g/mol. The first-order valence-corrected chi connectivity index (χ1v) is 6.61. The number of benzene rings is 1. The van der Waals surface area contributed by atoms with Crippen molar-refractivity contribution in [3.05, 3.63) is 57.0 Å². The highest BCUT2D eigenvalue weighted by Crippen LogP contribution is 2.13. The highest BCUT2D eigenvalue weighted by atomic mass is 35.5. The molecule has 7 heteroatoms. The smallest absolute Gasteiger partial charge is 0.287 e. The fraction of sp³-hybridized carbons (Fsp3) is 0.214. The van der Waals surface area contributed by atoms with E-state index in [2.05, 4.69) is 10.5 Å². The topological polar surface area (TPSA) is 67.2 Å². The summed E-state index contributed by atoms with van der Waals surface area (Å²) in [5.41, 5.74) is 3.27. The Labute approximate surface area is 126 Å². The molecule has 0 aliphatic rings. The molecule has 1 N–H and O–H groups in total. The number of hydrogen-bond donors (Lipinski definition) is 1. The molecule has 1 heterocycles. The first-order chi connectivity index (χ1) is 9.88. The van der Waals surface area contributed by atoms with Gasteiger partial charge in [-0.2, -0.15) is 5.10 Å². The minimum atomic E-state index is -0.548. The van der Waals surface area contributed by atoms with Crippen LogP contribution in [-0.4, -0.2) is 34.8 Å². The maximum Gasteiger partial charge on any atom is 0.290 e. The van der Waals surface area contributed by atoms with Gasteiger partial charge in [0.2, 0.25) is 5.43 Å². The van der Waals surface area contributed by atoms with Gasteiger partial charge in [-0.25, -0.2) is 9.69 Å². The second-order valence-corrected chi connectivity index (χ2v) is 5.16. The number of nitrogens with zero attached hydrogens (tertiary/aromatic N) is 3. The van der Waals surface area contributed by atoms with Crippen molar-refractivity contribution in [1.29, 1.82) is 0 Å². The molecule has 2 aromatic rings. The average Bonchev–Trinajstić information content (AvgIpc) is 2.39. The molecular formula is C14H15ClN4O2. The molecule has 110 valence electrons. The number of hydrazine groups is 1. The Bertz CT molecular complexity index is 723. The number of hydrogen-bond acceptors (Lipinski definition) is 4. The number of amides is 1. The van der Waals surface area contributed by atoms with Gasteiger partial charge < -0.3 is 0 Å². The number of aromatic nitrogens is 2. The van der Waals surface area contributed by atoms with Crippen LogP contribution in [0.25, 0.3) is 5.69 Å². The van der Waals surface area contributed by atoms with E-state index in [9.17, 15) is 9.59 Å². The van der Waals surface area contributed by atoms with Crippen molar-refractivity contribution in [3.8, 4) is 5.69 Å². The lowest BCUT2D eigenvalue weighted by molar-refractivity contribution is 0.0848. The van der Waals surface area contributed by atoms with Crippen molar-refractivity contribution < 1.29 is 4.79 Å². The molecular weight excluding hydrogens is 292 g/mol. The predicted octanol–water partition coefficient (Wildman–Crippen LogP) is 1.40. The molecule has 0 aliphatic heterocycles. The monoisotopic (exact) mass is 306 g/mol. The summed E-state index contributed by atoms with van der Waals surface area (Å²) in [6.07, 6.45) is 0. The van der Waals surface area contributed by atoms with Crippen LogP contribution in [0.15, 0.2) is 35.1 Å². The van der Waals surface area contributed by atoms with Crippen LogP contribution in [0.5, 0.6) is 0 Å². The molecule has 0 radical (unpaired) electrons. The van der Waals surface area contributed by atoms with Gasteiger partial charge in [0, 0.05) is 30.9 Å². The largest absolute Gasteiger partial charge is 0.290 e. The minimum absolute atomic E-state index is 0.163. The molecule has 0 spiro atoms. The molecule has 21 heavy (non-hydrogen) atoms.